The topological polar surface area (TPSA) is 93.7 Å². The molecule has 1 aliphatic heterocycles. The summed E-state index contributed by atoms with van der Waals surface area (Å²) in [6.45, 7) is 5.06. The summed E-state index contributed by atoms with van der Waals surface area (Å²) in [5.41, 5.74) is -0.875. The van der Waals surface area contributed by atoms with Gasteiger partial charge in [0.2, 0.25) is 0 Å². The molecule has 0 unspecified atom stereocenters. The van der Waals surface area contributed by atoms with Gasteiger partial charge in [0, 0.05) is 16.6 Å². The Hall–Kier alpha value is -2.87. The van der Waals surface area contributed by atoms with Crippen LogP contribution in [-0.2, 0) is 14.3 Å². The van der Waals surface area contributed by atoms with Gasteiger partial charge in [0.05, 0.1) is 17.2 Å². The first-order chi connectivity index (χ1) is 12.3. The fraction of sp³-hybridized carbons (Fsp3) is 0.278. The molecule has 0 saturated heterocycles. The van der Waals surface area contributed by atoms with E-state index in [1.165, 1.54) is 18.3 Å². The van der Waals surface area contributed by atoms with Crippen molar-refractivity contribution in [2.24, 2.45) is 0 Å². The molecule has 1 aliphatic rings. The van der Waals surface area contributed by atoms with Crippen LogP contribution in [0.25, 0.3) is 0 Å². The zero-order chi connectivity index (χ0) is 18.9. The van der Waals surface area contributed by atoms with E-state index in [4.69, 9.17) is 9.47 Å². The molecule has 3 rings (SSSR count). The van der Waals surface area contributed by atoms with Crippen LogP contribution < -0.4 is 15.4 Å². The Kier molecular flexibility index (Phi) is 4.69. The molecule has 0 radical (unpaired) electrons. The first-order valence-electron chi connectivity index (χ1n) is 8.03. The molecular formula is C18H18N2O5S. The highest BCUT2D eigenvalue weighted by atomic mass is 32.1. The number of carbonyl (C=O) groups is 3. The van der Waals surface area contributed by atoms with Crippen molar-refractivity contribution in [1.29, 1.82) is 0 Å². The standard InChI is InChI=1S/C18H18N2O5S/c1-4-24-17(23)18(3)16(22)20-12-7-6-11(9-13(12)25-18)19-15(21)14-8-5-10(2)26-14/h5-9H,4H2,1-3H3,(H,19,21)(H,20,22)/t18-/m1/s1. The second-order valence-corrected chi connectivity index (χ2v) is 7.17. The van der Waals surface area contributed by atoms with Crippen LogP contribution in [0, 0.1) is 6.92 Å². The third-order valence-electron chi connectivity index (χ3n) is 3.86. The minimum absolute atomic E-state index is 0.133. The summed E-state index contributed by atoms with van der Waals surface area (Å²) in [7, 11) is 0. The number of anilines is 2. The molecule has 8 heteroatoms. The normalized spacial score (nSPS) is 18.3. The van der Waals surface area contributed by atoms with Crippen molar-refractivity contribution in [3.63, 3.8) is 0 Å². The minimum atomic E-state index is -1.78. The lowest BCUT2D eigenvalue weighted by Crippen LogP contribution is -2.55. The van der Waals surface area contributed by atoms with E-state index in [0.29, 0.717) is 16.3 Å². The fourth-order valence-electron chi connectivity index (χ4n) is 2.45. The highest BCUT2D eigenvalue weighted by Gasteiger charge is 2.48. The third-order valence-corrected chi connectivity index (χ3v) is 4.86. The lowest BCUT2D eigenvalue weighted by atomic mass is 10.0. The minimum Gasteiger partial charge on any atom is -0.464 e. The molecule has 2 N–H and O–H groups in total. The van der Waals surface area contributed by atoms with Crippen molar-refractivity contribution in [1.82, 2.24) is 0 Å². The van der Waals surface area contributed by atoms with E-state index in [9.17, 15) is 14.4 Å². The molecule has 0 spiro atoms. The largest absolute Gasteiger partial charge is 0.464 e. The quantitative estimate of drug-likeness (QED) is 0.634. The van der Waals surface area contributed by atoms with Crippen LogP contribution >= 0.6 is 11.3 Å². The van der Waals surface area contributed by atoms with Gasteiger partial charge in [0.15, 0.2) is 0 Å². The molecule has 1 aromatic heterocycles. The number of amides is 2. The average molecular weight is 374 g/mol. The maximum atomic E-state index is 12.3. The van der Waals surface area contributed by atoms with Crippen molar-refractivity contribution < 1.29 is 23.9 Å². The average Bonchev–Trinajstić information content (AvgIpc) is 3.03. The smallest absolute Gasteiger partial charge is 0.360 e. The Bertz CT molecular complexity index is 891. The maximum absolute atomic E-state index is 12.3. The van der Waals surface area contributed by atoms with Crippen molar-refractivity contribution in [3.8, 4) is 5.75 Å². The third kappa shape index (κ3) is 3.28. The van der Waals surface area contributed by atoms with Gasteiger partial charge in [-0.25, -0.2) is 4.79 Å². The Morgan fingerprint density at radius 1 is 1.31 bits per heavy atom. The van der Waals surface area contributed by atoms with Gasteiger partial charge < -0.3 is 20.1 Å². The summed E-state index contributed by atoms with van der Waals surface area (Å²) in [5, 5.41) is 5.41. The predicted molar refractivity (Wildman–Crippen MR) is 97.7 cm³/mol. The second-order valence-electron chi connectivity index (χ2n) is 5.89. The van der Waals surface area contributed by atoms with Crippen molar-refractivity contribution in [3.05, 3.63) is 40.1 Å². The van der Waals surface area contributed by atoms with Crippen molar-refractivity contribution in [2.75, 3.05) is 17.2 Å². The zero-order valence-corrected chi connectivity index (χ0v) is 15.4. The number of thiophene rings is 1. The van der Waals surface area contributed by atoms with Gasteiger partial charge in [-0.15, -0.1) is 11.3 Å². The summed E-state index contributed by atoms with van der Waals surface area (Å²) in [6.07, 6.45) is 0. The molecular weight excluding hydrogens is 356 g/mol. The SMILES string of the molecule is CCOC(=O)[C@]1(C)Oc2cc(NC(=O)c3ccc(C)s3)ccc2NC1=O. The Morgan fingerprint density at radius 2 is 2.08 bits per heavy atom. The number of hydrogen-bond donors (Lipinski definition) is 2. The number of esters is 1. The van der Waals surface area contributed by atoms with E-state index in [-0.39, 0.29) is 18.3 Å². The first kappa shape index (κ1) is 17.9. The number of ether oxygens (including phenoxy) is 2. The van der Waals surface area contributed by atoms with E-state index < -0.39 is 17.5 Å². The van der Waals surface area contributed by atoms with Crippen LogP contribution in [0.5, 0.6) is 5.75 Å². The van der Waals surface area contributed by atoms with Gasteiger partial charge in [0.1, 0.15) is 5.75 Å². The number of benzene rings is 1. The fourth-order valence-corrected chi connectivity index (χ4v) is 3.21. The van der Waals surface area contributed by atoms with E-state index in [2.05, 4.69) is 10.6 Å². The van der Waals surface area contributed by atoms with Crippen LogP contribution in [0.1, 0.15) is 28.4 Å². The molecule has 0 saturated carbocycles. The molecule has 26 heavy (non-hydrogen) atoms. The van der Waals surface area contributed by atoms with Gasteiger partial charge in [0.25, 0.3) is 17.4 Å². The van der Waals surface area contributed by atoms with Crippen LogP contribution in [0.4, 0.5) is 11.4 Å². The highest BCUT2D eigenvalue weighted by molar-refractivity contribution is 7.14. The predicted octanol–water partition coefficient (Wildman–Crippen LogP) is 2.96. The molecule has 7 nitrogen and oxygen atoms in total. The molecule has 2 aromatic rings. The first-order valence-corrected chi connectivity index (χ1v) is 8.84. The maximum Gasteiger partial charge on any atom is 0.360 e. The van der Waals surface area contributed by atoms with Gasteiger partial charge in [-0.3, -0.25) is 9.59 Å². The Morgan fingerprint density at radius 3 is 2.73 bits per heavy atom. The molecule has 1 aromatic carbocycles. The number of carbonyl (C=O) groups excluding carboxylic acids is 3. The van der Waals surface area contributed by atoms with Crippen molar-refractivity contribution >= 4 is 40.5 Å². The monoisotopic (exact) mass is 374 g/mol. The molecule has 0 bridgehead atoms. The lowest BCUT2D eigenvalue weighted by molar-refractivity contribution is -0.165. The number of hydrogen-bond acceptors (Lipinski definition) is 6. The Balaban J connectivity index is 1.83. The van der Waals surface area contributed by atoms with E-state index in [0.717, 1.165) is 4.88 Å². The van der Waals surface area contributed by atoms with E-state index in [1.54, 1.807) is 31.2 Å². The zero-order valence-electron chi connectivity index (χ0n) is 14.5. The molecule has 2 amide bonds. The lowest BCUT2D eigenvalue weighted by Gasteiger charge is -2.32. The molecule has 2 heterocycles. The van der Waals surface area contributed by atoms with E-state index >= 15 is 0 Å². The van der Waals surface area contributed by atoms with Crippen LogP contribution in [0.3, 0.4) is 0 Å². The summed E-state index contributed by atoms with van der Waals surface area (Å²) in [5.74, 6) is -1.34. The summed E-state index contributed by atoms with van der Waals surface area (Å²) >= 11 is 1.39. The van der Waals surface area contributed by atoms with Gasteiger partial charge in [-0.2, -0.15) is 0 Å². The summed E-state index contributed by atoms with van der Waals surface area (Å²) in [4.78, 5) is 38.3. The summed E-state index contributed by atoms with van der Waals surface area (Å²) in [6, 6.07) is 8.43. The van der Waals surface area contributed by atoms with Gasteiger partial charge in [-0.05, 0) is 45.0 Å². The number of nitrogens with one attached hydrogen (secondary N) is 2. The highest BCUT2D eigenvalue weighted by Crippen LogP contribution is 2.36. The van der Waals surface area contributed by atoms with Crippen LogP contribution in [0.2, 0.25) is 0 Å². The van der Waals surface area contributed by atoms with Gasteiger partial charge >= 0.3 is 5.97 Å². The molecule has 1 atom stereocenters. The molecule has 0 aliphatic carbocycles. The molecule has 0 fully saturated rings. The second kappa shape index (κ2) is 6.80. The number of fused-ring (bicyclic) bond motifs is 1. The van der Waals surface area contributed by atoms with Gasteiger partial charge in [-0.1, -0.05) is 0 Å². The van der Waals surface area contributed by atoms with Crippen molar-refractivity contribution in [2.45, 2.75) is 26.4 Å². The van der Waals surface area contributed by atoms with Crippen LogP contribution in [0.15, 0.2) is 30.3 Å². The number of rotatable bonds is 4. The van der Waals surface area contributed by atoms with Crippen LogP contribution in [-0.4, -0.2) is 30.0 Å². The summed E-state index contributed by atoms with van der Waals surface area (Å²) < 4.78 is 10.6. The van der Waals surface area contributed by atoms with E-state index in [1.807, 2.05) is 13.0 Å². The molecule has 136 valence electrons. The Labute approximate surface area is 154 Å². The number of aryl methyl sites for hydroxylation is 1.